The Morgan fingerprint density at radius 1 is 1.29 bits per heavy atom. The van der Waals surface area contributed by atoms with Crippen LogP contribution in [0.15, 0.2) is 0 Å². The number of rotatable bonds is 2. The second-order valence-corrected chi connectivity index (χ2v) is 4.62. The molecular formula is C10H18N2O2. The fourth-order valence-electron chi connectivity index (χ4n) is 2.64. The molecule has 2 rings (SSSR count). The molecule has 0 bridgehead atoms. The highest BCUT2D eigenvalue weighted by molar-refractivity contribution is 5.64. The molecule has 2 aliphatic carbocycles. The SMILES string of the molecule is N[C@H]1C[C@@H]1C1CCC(NC(=O)O)CC1. The van der Waals surface area contributed by atoms with Gasteiger partial charge in [0.05, 0.1) is 0 Å². The maximum Gasteiger partial charge on any atom is 0.404 e. The summed E-state index contributed by atoms with van der Waals surface area (Å²) in [6.07, 6.45) is 4.55. The molecular weight excluding hydrogens is 180 g/mol. The smallest absolute Gasteiger partial charge is 0.404 e. The van der Waals surface area contributed by atoms with E-state index in [1.54, 1.807) is 0 Å². The first-order valence-electron chi connectivity index (χ1n) is 5.42. The zero-order valence-corrected chi connectivity index (χ0v) is 8.28. The molecule has 0 aromatic carbocycles. The van der Waals surface area contributed by atoms with Crippen LogP contribution in [0.25, 0.3) is 0 Å². The van der Waals surface area contributed by atoms with Gasteiger partial charge in [0, 0.05) is 12.1 Å². The summed E-state index contributed by atoms with van der Waals surface area (Å²) in [4.78, 5) is 10.4. The van der Waals surface area contributed by atoms with Crippen molar-refractivity contribution < 1.29 is 9.90 Å². The van der Waals surface area contributed by atoms with Crippen molar-refractivity contribution in [2.75, 3.05) is 0 Å². The highest BCUT2D eigenvalue weighted by Gasteiger charge is 2.41. The van der Waals surface area contributed by atoms with Crippen LogP contribution in [0.1, 0.15) is 32.1 Å². The summed E-state index contributed by atoms with van der Waals surface area (Å²) in [5, 5.41) is 11.1. The lowest BCUT2D eigenvalue weighted by Gasteiger charge is -2.28. The predicted octanol–water partition coefficient (Wildman–Crippen LogP) is 1.16. The molecule has 80 valence electrons. The van der Waals surface area contributed by atoms with E-state index < -0.39 is 6.09 Å². The zero-order chi connectivity index (χ0) is 10.1. The standard InChI is InChI=1S/C10H18N2O2/c11-9-5-8(9)6-1-3-7(4-2-6)12-10(13)14/h6-9,12H,1-5,11H2,(H,13,14)/t6?,7?,8-,9+/m1/s1. The van der Waals surface area contributed by atoms with Crippen molar-refractivity contribution in [3.63, 3.8) is 0 Å². The first-order chi connectivity index (χ1) is 6.66. The molecule has 1 amide bonds. The van der Waals surface area contributed by atoms with E-state index in [1.165, 1.54) is 6.42 Å². The largest absolute Gasteiger partial charge is 0.465 e. The van der Waals surface area contributed by atoms with E-state index in [0.29, 0.717) is 6.04 Å². The van der Waals surface area contributed by atoms with Crippen LogP contribution in [0.5, 0.6) is 0 Å². The first-order valence-corrected chi connectivity index (χ1v) is 5.42. The second-order valence-electron chi connectivity index (χ2n) is 4.62. The molecule has 0 aliphatic heterocycles. The van der Waals surface area contributed by atoms with Gasteiger partial charge >= 0.3 is 6.09 Å². The molecule has 2 atom stereocenters. The number of amides is 1. The van der Waals surface area contributed by atoms with Crippen molar-refractivity contribution in [1.82, 2.24) is 5.32 Å². The lowest BCUT2D eigenvalue weighted by molar-refractivity contribution is 0.180. The van der Waals surface area contributed by atoms with Crippen LogP contribution in [0.2, 0.25) is 0 Å². The van der Waals surface area contributed by atoms with Gasteiger partial charge in [0.15, 0.2) is 0 Å². The van der Waals surface area contributed by atoms with Crippen LogP contribution in [0, 0.1) is 11.8 Å². The highest BCUT2D eigenvalue weighted by Crippen LogP contribution is 2.42. The molecule has 4 nitrogen and oxygen atoms in total. The van der Waals surface area contributed by atoms with E-state index in [9.17, 15) is 4.79 Å². The van der Waals surface area contributed by atoms with Crippen LogP contribution in [0.4, 0.5) is 4.79 Å². The molecule has 0 saturated heterocycles. The number of nitrogens with two attached hydrogens (primary N) is 1. The molecule has 0 aromatic heterocycles. The van der Waals surface area contributed by atoms with E-state index in [2.05, 4.69) is 5.32 Å². The maximum absolute atomic E-state index is 10.4. The summed E-state index contributed by atoms with van der Waals surface area (Å²) in [6, 6.07) is 0.614. The van der Waals surface area contributed by atoms with Crippen LogP contribution in [0.3, 0.4) is 0 Å². The van der Waals surface area contributed by atoms with Gasteiger partial charge in [0.1, 0.15) is 0 Å². The van der Waals surface area contributed by atoms with E-state index in [4.69, 9.17) is 10.8 Å². The molecule has 4 N–H and O–H groups in total. The van der Waals surface area contributed by atoms with Gasteiger partial charge in [-0.15, -0.1) is 0 Å². The summed E-state index contributed by atoms with van der Waals surface area (Å²) >= 11 is 0. The minimum absolute atomic E-state index is 0.179. The van der Waals surface area contributed by atoms with E-state index in [1.807, 2.05) is 0 Å². The summed E-state index contributed by atoms with van der Waals surface area (Å²) in [7, 11) is 0. The lowest BCUT2D eigenvalue weighted by Crippen LogP contribution is -2.37. The number of carboxylic acid groups (broad SMARTS) is 1. The zero-order valence-electron chi connectivity index (χ0n) is 8.28. The third-order valence-corrected chi connectivity index (χ3v) is 3.60. The Morgan fingerprint density at radius 3 is 2.29 bits per heavy atom. The van der Waals surface area contributed by atoms with E-state index in [0.717, 1.165) is 37.5 Å². The average molecular weight is 198 g/mol. The van der Waals surface area contributed by atoms with E-state index >= 15 is 0 Å². The average Bonchev–Trinajstić information content (AvgIpc) is 2.83. The molecule has 2 fully saturated rings. The number of hydrogen-bond donors (Lipinski definition) is 3. The number of hydrogen-bond acceptors (Lipinski definition) is 2. The van der Waals surface area contributed by atoms with Gasteiger partial charge in [-0.3, -0.25) is 0 Å². The fraction of sp³-hybridized carbons (Fsp3) is 0.900. The van der Waals surface area contributed by atoms with Gasteiger partial charge in [-0.1, -0.05) is 0 Å². The number of nitrogens with one attached hydrogen (secondary N) is 1. The third kappa shape index (κ3) is 2.18. The monoisotopic (exact) mass is 198 g/mol. The van der Waals surface area contributed by atoms with Crippen molar-refractivity contribution in [3.05, 3.63) is 0 Å². The molecule has 0 aromatic rings. The third-order valence-electron chi connectivity index (χ3n) is 3.60. The van der Waals surface area contributed by atoms with Gasteiger partial charge < -0.3 is 16.2 Å². The Morgan fingerprint density at radius 2 is 1.86 bits per heavy atom. The Kier molecular flexibility index (Phi) is 2.63. The molecule has 14 heavy (non-hydrogen) atoms. The molecule has 2 saturated carbocycles. The summed E-state index contributed by atoms with van der Waals surface area (Å²) in [6.45, 7) is 0. The summed E-state index contributed by atoms with van der Waals surface area (Å²) < 4.78 is 0. The molecule has 0 heterocycles. The van der Waals surface area contributed by atoms with Crippen LogP contribution >= 0.6 is 0 Å². The van der Waals surface area contributed by atoms with Crippen molar-refractivity contribution in [2.45, 2.75) is 44.2 Å². The maximum atomic E-state index is 10.4. The summed E-state index contributed by atoms with van der Waals surface area (Å²) in [5.41, 5.74) is 5.80. The van der Waals surface area contributed by atoms with Gasteiger partial charge in [0.25, 0.3) is 0 Å². The van der Waals surface area contributed by atoms with Gasteiger partial charge in [-0.05, 0) is 43.9 Å². The topological polar surface area (TPSA) is 75.3 Å². The fourth-order valence-corrected chi connectivity index (χ4v) is 2.64. The molecule has 4 heteroatoms. The van der Waals surface area contributed by atoms with Crippen LogP contribution < -0.4 is 11.1 Å². The first kappa shape index (κ1) is 9.77. The van der Waals surface area contributed by atoms with Crippen molar-refractivity contribution >= 4 is 6.09 Å². The Bertz CT molecular complexity index is 224. The van der Waals surface area contributed by atoms with Crippen LogP contribution in [-0.4, -0.2) is 23.3 Å². The minimum atomic E-state index is -0.892. The van der Waals surface area contributed by atoms with E-state index in [-0.39, 0.29) is 6.04 Å². The Balaban J connectivity index is 1.72. The predicted molar refractivity (Wildman–Crippen MR) is 53.0 cm³/mol. The van der Waals surface area contributed by atoms with Gasteiger partial charge in [-0.25, -0.2) is 4.79 Å². The molecule has 0 spiro atoms. The Hall–Kier alpha value is -0.770. The minimum Gasteiger partial charge on any atom is -0.465 e. The Labute approximate surface area is 83.9 Å². The normalized spacial score (nSPS) is 41.8. The highest BCUT2D eigenvalue weighted by atomic mass is 16.4. The summed E-state index contributed by atoms with van der Waals surface area (Å²) in [5.74, 6) is 1.50. The quantitative estimate of drug-likeness (QED) is 0.623. The van der Waals surface area contributed by atoms with Gasteiger partial charge in [-0.2, -0.15) is 0 Å². The molecule has 2 aliphatic rings. The lowest BCUT2D eigenvalue weighted by atomic mass is 9.83. The van der Waals surface area contributed by atoms with Crippen molar-refractivity contribution in [3.8, 4) is 0 Å². The molecule has 0 unspecified atom stereocenters. The van der Waals surface area contributed by atoms with Crippen molar-refractivity contribution in [2.24, 2.45) is 17.6 Å². The van der Waals surface area contributed by atoms with Crippen molar-refractivity contribution in [1.29, 1.82) is 0 Å². The van der Waals surface area contributed by atoms with Crippen LogP contribution in [-0.2, 0) is 0 Å². The molecule has 0 radical (unpaired) electrons. The van der Waals surface area contributed by atoms with Gasteiger partial charge in [0.2, 0.25) is 0 Å². The second kappa shape index (κ2) is 3.77. The number of carbonyl (C=O) groups is 1.